The van der Waals surface area contributed by atoms with Crippen molar-refractivity contribution in [3.05, 3.63) is 75.3 Å². The van der Waals surface area contributed by atoms with E-state index in [0.717, 1.165) is 47.4 Å². The van der Waals surface area contributed by atoms with Crippen LogP contribution in [0.4, 0.5) is 5.82 Å². The molecule has 0 unspecified atom stereocenters. The van der Waals surface area contributed by atoms with Gasteiger partial charge < -0.3 is 9.64 Å². The number of fused-ring (bicyclic) bond motifs is 3. The second kappa shape index (κ2) is 7.73. The molecule has 0 bridgehead atoms. The van der Waals surface area contributed by atoms with Crippen LogP contribution in [0.1, 0.15) is 17.8 Å². The number of hydrogen-bond donors (Lipinski definition) is 0. The van der Waals surface area contributed by atoms with Crippen LogP contribution in [0, 0.1) is 0 Å². The van der Waals surface area contributed by atoms with Crippen molar-refractivity contribution in [2.45, 2.75) is 13.0 Å². The number of hydrogen-bond acceptors (Lipinski definition) is 5. The van der Waals surface area contributed by atoms with Gasteiger partial charge in [0.25, 0.3) is 5.56 Å². The highest BCUT2D eigenvalue weighted by molar-refractivity contribution is 6.31. The number of ether oxygens (including phenoxy) is 1. The number of benzene rings is 2. The fourth-order valence-electron chi connectivity index (χ4n) is 4.57. The summed E-state index contributed by atoms with van der Waals surface area (Å²) in [5, 5.41) is 2.26. The number of anilines is 1. The summed E-state index contributed by atoms with van der Waals surface area (Å²) in [5.74, 6) is 1.66. The Labute approximate surface area is 189 Å². The Bertz CT molecular complexity index is 1450. The number of allylic oxidation sites excluding steroid dienone is 1. The number of pyridine rings is 1. The van der Waals surface area contributed by atoms with Crippen LogP contribution in [0.3, 0.4) is 0 Å². The summed E-state index contributed by atoms with van der Waals surface area (Å²) >= 11 is 6.16. The van der Waals surface area contributed by atoms with Crippen molar-refractivity contribution in [1.82, 2.24) is 14.5 Å². The van der Waals surface area contributed by atoms with Crippen LogP contribution < -0.4 is 10.5 Å². The van der Waals surface area contributed by atoms with Crippen molar-refractivity contribution in [3.63, 3.8) is 0 Å². The molecule has 7 heteroatoms. The summed E-state index contributed by atoms with van der Waals surface area (Å²) in [6.07, 6.45) is 2.90. The van der Waals surface area contributed by atoms with Crippen LogP contribution >= 0.6 is 11.6 Å². The largest absolute Gasteiger partial charge is 0.378 e. The van der Waals surface area contributed by atoms with Gasteiger partial charge in [0, 0.05) is 35.6 Å². The van der Waals surface area contributed by atoms with Crippen molar-refractivity contribution in [2.75, 3.05) is 31.2 Å². The molecule has 160 valence electrons. The summed E-state index contributed by atoms with van der Waals surface area (Å²) in [5.41, 5.74) is 3.66. The van der Waals surface area contributed by atoms with E-state index < -0.39 is 0 Å². The molecule has 0 atom stereocenters. The Morgan fingerprint density at radius 3 is 2.69 bits per heavy atom. The third-order valence-corrected chi connectivity index (χ3v) is 6.42. The van der Waals surface area contributed by atoms with Gasteiger partial charge in [0.1, 0.15) is 11.6 Å². The monoisotopic (exact) mass is 444 g/mol. The second-order valence-corrected chi connectivity index (χ2v) is 8.60. The van der Waals surface area contributed by atoms with Gasteiger partial charge in [-0.1, -0.05) is 29.8 Å². The molecule has 32 heavy (non-hydrogen) atoms. The summed E-state index contributed by atoms with van der Waals surface area (Å²) in [6.45, 7) is 3.62. The Balaban J connectivity index is 1.53. The normalized spacial score (nSPS) is 17.4. The molecule has 0 aliphatic carbocycles. The molecule has 4 heterocycles. The number of morpholine rings is 1. The highest BCUT2D eigenvalue weighted by atomic mass is 35.5. The molecule has 2 aromatic heterocycles. The van der Waals surface area contributed by atoms with Gasteiger partial charge in [-0.05, 0) is 48.4 Å². The fourth-order valence-corrected chi connectivity index (χ4v) is 4.74. The van der Waals surface area contributed by atoms with E-state index in [1.807, 2.05) is 18.2 Å². The first-order valence-corrected chi connectivity index (χ1v) is 11.2. The molecular formula is C25H21ClN4O2. The van der Waals surface area contributed by atoms with Gasteiger partial charge >= 0.3 is 0 Å². The first kappa shape index (κ1) is 19.5. The number of aromatic nitrogens is 3. The lowest BCUT2D eigenvalue weighted by molar-refractivity contribution is 0.122. The molecule has 6 nitrogen and oxygen atoms in total. The van der Waals surface area contributed by atoms with E-state index in [2.05, 4.69) is 23.1 Å². The standard InChI is InChI=1S/C25H21ClN4O2/c26-19-5-6-20-22(15-19)28-24-17(7-8-30(24)25(20)31)14-18-13-16-3-1-2-4-21(16)27-23(18)29-9-11-32-12-10-29/h1-6,13-15H,7-12H2. The number of nitrogens with zero attached hydrogens (tertiary/aromatic N) is 4. The summed E-state index contributed by atoms with van der Waals surface area (Å²) in [6, 6.07) is 15.6. The molecule has 1 saturated heterocycles. The van der Waals surface area contributed by atoms with E-state index in [0.29, 0.717) is 41.5 Å². The van der Waals surface area contributed by atoms with Gasteiger partial charge in [-0.2, -0.15) is 0 Å². The Morgan fingerprint density at radius 2 is 1.81 bits per heavy atom. The molecule has 0 spiro atoms. The highest BCUT2D eigenvalue weighted by Crippen LogP contribution is 2.32. The van der Waals surface area contributed by atoms with Gasteiger partial charge in [-0.3, -0.25) is 9.36 Å². The van der Waals surface area contributed by atoms with Crippen molar-refractivity contribution in [2.24, 2.45) is 0 Å². The maximum Gasteiger partial charge on any atom is 0.261 e. The van der Waals surface area contributed by atoms with Crippen LogP contribution in [-0.2, 0) is 11.3 Å². The zero-order valence-corrected chi connectivity index (χ0v) is 18.2. The third-order valence-electron chi connectivity index (χ3n) is 6.18. The van der Waals surface area contributed by atoms with E-state index >= 15 is 0 Å². The molecule has 4 aromatic rings. The summed E-state index contributed by atoms with van der Waals surface area (Å²) in [7, 11) is 0. The average Bonchev–Trinajstić information content (AvgIpc) is 3.22. The van der Waals surface area contributed by atoms with Crippen molar-refractivity contribution in [3.8, 4) is 0 Å². The van der Waals surface area contributed by atoms with Crippen LogP contribution in [0.15, 0.2) is 53.3 Å². The van der Waals surface area contributed by atoms with E-state index in [9.17, 15) is 4.79 Å². The van der Waals surface area contributed by atoms with Crippen LogP contribution in [0.2, 0.25) is 5.02 Å². The van der Waals surface area contributed by atoms with Crippen LogP contribution in [0.25, 0.3) is 33.5 Å². The van der Waals surface area contributed by atoms with E-state index in [-0.39, 0.29) is 5.56 Å². The minimum Gasteiger partial charge on any atom is -0.378 e. The van der Waals surface area contributed by atoms with E-state index in [1.54, 1.807) is 22.8 Å². The van der Waals surface area contributed by atoms with E-state index in [4.69, 9.17) is 26.3 Å². The third kappa shape index (κ3) is 3.27. The number of halogens is 1. The molecule has 6 rings (SSSR count). The minimum atomic E-state index is -0.0184. The predicted octanol–water partition coefficient (Wildman–Crippen LogP) is 4.38. The first-order valence-electron chi connectivity index (χ1n) is 10.8. The predicted molar refractivity (Wildman–Crippen MR) is 128 cm³/mol. The van der Waals surface area contributed by atoms with Crippen LogP contribution in [0.5, 0.6) is 0 Å². The van der Waals surface area contributed by atoms with Gasteiger partial charge in [0.15, 0.2) is 0 Å². The fraction of sp³-hybridized carbons (Fsp3) is 0.240. The molecular weight excluding hydrogens is 424 g/mol. The maximum atomic E-state index is 13.0. The van der Waals surface area contributed by atoms with Gasteiger partial charge in [-0.25, -0.2) is 9.97 Å². The maximum absolute atomic E-state index is 13.0. The Morgan fingerprint density at radius 1 is 0.969 bits per heavy atom. The number of para-hydroxylation sites is 1. The SMILES string of the molecule is O=c1c2ccc(Cl)cc2nc2n1CCC2=Cc1cc2ccccc2nc1N1CCOCC1. The lowest BCUT2D eigenvalue weighted by Crippen LogP contribution is -2.37. The molecule has 0 amide bonds. The first-order chi connectivity index (χ1) is 15.7. The van der Waals surface area contributed by atoms with Crippen LogP contribution in [-0.4, -0.2) is 40.8 Å². The lowest BCUT2D eigenvalue weighted by atomic mass is 10.1. The molecule has 2 aliphatic heterocycles. The smallest absolute Gasteiger partial charge is 0.261 e. The van der Waals surface area contributed by atoms with E-state index in [1.165, 1.54) is 0 Å². The van der Waals surface area contributed by atoms with Crippen molar-refractivity contribution >= 4 is 50.9 Å². The molecule has 0 radical (unpaired) electrons. The Hall–Kier alpha value is -3.22. The summed E-state index contributed by atoms with van der Waals surface area (Å²) < 4.78 is 7.32. The van der Waals surface area contributed by atoms with Gasteiger partial charge in [-0.15, -0.1) is 0 Å². The molecule has 2 aromatic carbocycles. The topological polar surface area (TPSA) is 60.2 Å². The Kier molecular flexibility index (Phi) is 4.70. The molecule has 1 fully saturated rings. The highest BCUT2D eigenvalue weighted by Gasteiger charge is 2.23. The van der Waals surface area contributed by atoms with Gasteiger partial charge in [0.05, 0.1) is 29.6 Å². The second-order valence-electron chi connectivity index (χ2n) is 8.17. The average molecular weight is 445 g/mol. The lowest BCUT2D eigenvalue weighted by Gasteiger charge is -2.29. The van der Waals surface area contributed by atoms with Crippen molar-refractivity contribution < 1.29 is 4.74 Å². The van der Waals surface area contributed by atoms with Gasteiger partial charge in [0.2, 0.25) is 0 Å². The quantitative estimate of drug-likeness (QED) is 0.459. The number of rotatable bonds is 2. The molecule has 0 N–H and O–H groups in total. The molecule has 0 saturated carbocycles. The summed E-state index contributed by atoms with van der Waals surface area (Å²) in [4.78, 5) is 25.1. The minimum absolute atomic E-state index is 0.0184. The molecule has 2 aliphatic rings. The van der Waals surface area contributed by atoms with Crippen molar-refractivity contribution in [1.29, 1.82) is 0 Å². The zero-order chi connectivity index (χ0) is 21.7. The zero-order valence-electron chi connectivity index (χ0n) is 17.4.